The Morgan fingerprint density at radius 2 is 2.00 bits per heavy atom. The molecule has 0 bridgehead atoms. The minimum Gasteiger partial charge on any atom is -0.341 e. The van der Waals surface area contributed by atoms with Gasteiger partial charge in [-0.05, 0) is 29.5 Å². The summed E-state index contributed by atoms with van der Waals surface area (Å²) in [7, 11) is 0. The van der Waals surface area contributed by atoms with Crippen molar-refractivity contribution in [3.8, 4) is 0 Å². The Balaban J connectivity index is 1.56. The van der Waals surface area contributed by atoms with Gasteiger partial charge in [0.25, 0.3) is 0 Å². The minimum absolute atomic E-state index is 0.0168. The zero-order valence-corrected chi connectivity index (χ0v) is 14.2. The molecule has 0 spiro atoms. The number of carbonyl (C=O) groups is 1. The van der Waals surface area contributed by atoms with Crippen LogP contribution in [0.4, 0.5) is 8.78 Å². The predicted molar refractivity (Wildman–Crippen MR) is 90.9 cm³/mol. The number of hydrogen-bond donors (Lipinski definition) is 0. The highest BCUT2D eigenvalue weighted by molar-refractivity contribution is 7.09. The maximum atomic E-state index is 13.7. The standard InChI is InChI=1S/C18H20F2N2OS/c19-15-5-4-14(17(20)12-15)11-18(23)22-7-2-6-21(8-9-22)13-16-3-1-10-24-16/h1,3-5,10,12H,2,6-9,11,13H2. The fourth-order valence-electron chi connectivity index (χ4n) is 2.94. The van der Waals surface area contributed by atoms with E-state index < -0.39 is 11.6 Å². The molecule has 1 aromatic heterocycles. The van der Waals surface area contributed by atoms with E-state index in [1.807, 2.05) is 6.07 Å². The quantitative estimate of drug-likeness (QED) is 0.845. The van der Waals surface area contributed by atoms with E-state index in [1.54, 1.807) is 16.2 Å². The Labute approximate surface area is 144 Å². The number of hydrogen-bond acceptors (Lipinski definition) is 3. The van der Waals surface area contributed by atoms with Gasteiger partial charge in [0.1, 0.15) is 11.6 Å². The fourth-order valence-corrected chi connectivity index (χ4v) is 3.69. The van der Waals surface area contributed by atoms with Gasteiger partial charge in [-0.2, -0.15) is 0 Å². The third kappa shape index (κ3) is 4.39. The molecular weight excluding hydrogens is 330 g/mol. The summed E-state index contributed by atoms with van der Waals surface area (Å²) >= 11 is 1.74. The van der Waals surface area contributed by atoms with Crippen molar-refractivity contribution in [3.05, 3.63) is 57.8 Å². The summed E-state index contributed by atoms with van der Waals surface area (Å²) in [6, 6.07) is 7.54. The first kappa shape index (κ1) is 17.0. The van der Waals surface area contributed by atoms with E-state index in [-0.39, 0.29) is 17.9 Å². The Kier molecular flexibility index (Phi) is 5.58. The molecule has 24 heavy (non-hydrogen) atoms. The number of thiophene rings is 1. The molecule has 0 unspecified atom stereocenters. The molecule has 1 aromatic carbocycles. The molecule has 2 aromatic rings. The van der Waals surface area contributed by atoms with E-state index >= 15 is 0 Å². The molecule has 0 aliphatic carbocycles. The van der Waals surface area contributed by atoms with Crippen molar-refractivity contribution in [2.75, 3.05) is 26.2 Å². The van der Waals surface area contributed by atoms with Crippen LogP contribution in [-0.4, -0.2) is 41.9 Å². The number of halogens is 2. The van der Waals surface area contributed by atoms with Crippen LogP contribution < -0.4 is 0 Å². The Morgan fingerprint density at radius 1 is 1.12 bits per heavy atom. The van der Waals surface area contributed by atoms with Gasteiger partial charge in [0, 0.05) is 43.7 Å². The number of carbonyl (C=O) groups excluding carboxylic acids is 1. The molecular formula is C18H20F2N2OS. The van der Waals surface area contributed by atoms with E-state index in [0.29, 0.717) is 13.1 Å². The number of nitrogens with zero attached hydrogens (tertiary/aromatic N) is 2. The van der Waals surface area contributed by atoms with E-state index in [1.165, 1.54) is 17.0 Å². The normalized spacial score (nSPS) is 16.2. The monoisotopic (exact) mass is 350 g/mol. The van der Waals surface area contributed by atoms with Gasteiger partial charge >= 0.3 is 0 Å². The van der Waals surface area contributed by atoms with Gasteiger partial charge in [-0.25, -0.2) is 8.78 Å². The largest absolute Gasteiger partial charge is 0.341 e. The van der Waals surface area contributed by atoms with Crippen LogP contribution in [-0.2, 0) is 17.8 Å². The van der Waals surface area contributed by atoms with Crippen LogP contribution in [0.25, 0.3) is 0 Å². The molecule has 1 amide bonds. The molecule has 0 saturated carbocycles. The van der Waals surface area contributed by atoms with Crippen LogP contribution in [0.5, 0.6) is 0 Å². The first-order chi connectivity index (χ1) is 11.6. The molecule has 0 N–H and O–H groups in total. The van der Waals surface area contributed by atoms with Gasteiger partial charge < -0.3 is 4.90 Å². The van der Waals surface area contributed by atoms with Crippen molar-refractivity contribution in [2.45, 2.75) is 19.4 Å². The average Bonchev–Trinajstić information content (AvgIpc) is 2.94. The second-order valence-electron chi connectivity index (χ2n) is 6.00. The average molecular weight is 350 g/mol. The summed E-state index contributed by atoms with van der Waals surface area (Å²) in [5.41, 5.74) is 0.251. The molecule has 128 valence electrons. The Hall–Kier alpha value is -1.79. The Morgan fingerprint density at radius 3 is 2.75 bits per heavy atom. The summed E-state index contributed by atoms with van der Waals surface area (Å²) in [5.74, 6) is -1.38. The van der Waals surface area contributed by atoms with Crippen molar-refractivity contribution < 1.29 is 13.6 Å². The van der Waals surface area contributed by atoms with Crippen LogP contribution in [0, 0.1) is 11.6 Å². The lowest BCUT2D eigenvalue weighted by atomic mass is 10.1. The molecule has 1 saturated heterocycles. The summed E-state index contributed by atoms with van der Waals surface area (Å²) in [6.45, 7) is 4.00. The highest BCUT2D eigenvalue weighted by atomic mass is 32.1. The van der Waals surface area contributed by atoms with Crippen molar-refractivity contribution in [1.29, 1.82) is 0 Å². The highest BCUT2D eigenvalue weighted by Gasteiger charge is 2.20. The van der Waals surface area contributed by atoms with Crippen LogP contribution in [0.2, 0.25) is 0 Å². The summed E-state index contributed by atoms with van der Waals surface area (Å²) in [5, 5.41) is 2.07. The number of benzene rings is 1. The smallest absolute Gasteiger partial charge is 0.227 e. The zero-order chi connectivity index (χ0) is 16.9. The topological polar surface area (TPSA) is 23.6 Å². The molecule has 1 aliphatic rings. The lowest BCUT2D eigenvalue weighted by molar-refractivity contribution is -0.130. The third-order valence-electron chi connectivity index (χ3n) is 4.26. The molecule has 0 atom stereocenters. The first-order valence-corrected chi connectivity index (χ1v) is 8.96. The number of amides is 1. The van der Waals surface area contributed by atoms with E-state index in [0.717, 1.165) is 32.1 Å². The predicted octanol–water partition coefficient (Wildman–Crippen LogP) is 3.30. The molecule has 0 radical (unpaired) electrons. The van der Waals surface area contributed by atoms with E-state index in [9.17, 15) is 13.6 Å². The highest BCUT2D eigenvalue weighted by Crippen LogP contribution is 2.15. The van der Waals surface area contributed by atoms with Crippen molar-refractivity contribution in [1.82, 2.24) is 9.80 Å². The van der Waals surface area contributed by atoms with Crippen LogP contribution in [0.15, 0.2) is 35.7 Å². The maximum Gasteiger partial charge on any atom is 0.227 e. The molecule has 1 aliphatic heterocycles. The van der Waals surface area contributed by atoms with Gasteiger partial charge in [0.05, 0.1) is 6.42 Å². The lowest BCUT2D eigenvalue weighted by Gasteiger charge is -2.22. The first-order valence-electron chi connectivity index (χ1n) is 8.08. The van der Waals surface area contributed by atoms with E-state index in [4.69, 9.17) is 0 Å². The Bertz CT molecular complexity index is 690. The van der Waals surface area contributed by atoms with Gasteiger partial charge in [-0.15, -0.1) is 11.3 Å². The molecule has 3 nitrogen and oxygen atoms in total. The van der Waals surface area contributed by atoms with Crippen LogP contribution in [0.3, 0.4) is 0 Å². The van der Waals surface area contributed by atoms with Crippen LogP contribution in [0.1, 0.15) is 16.9 Å². The zero-order valence-electron chi connectivity index (χ0n) is 13.4. The maximum absolute atomic E-state index is 13.7. The van der Waals surface area contributed by atoms with Crippen LogP contribution >= 0.6 is 11.3 Å². The van der Waals surface area contributed by atoms with Crippen molar-refractivity contribution >= 4 is 17.2 Å². The van der Waals surface area contributed by atoms with E-state index in [2.05, 4.69) is 16.3 Å². The van der Waals surface area contributed by atoms with Gasteiger partial charge in [-0.3, -0.25) is 9.69 Å². The van der Waals surface area contributed by atoms with Crippen molar-refractivity contribution in [2.24, 2.45) is 0 Å². The van der Waals surface area contributed by atoms with Gasteiger partial charge in [0.15, 0.2) is 0 Å². The lowest BCUT2D eigenvalue weighted by Crippen LogP contribution is -2.36. The molecule has 6 heteroatoms. The number of rotatable bonds is 4. The second-order valence-corrected chi connectivity index (χ2v) is 7.03. The summed E-state index contributed by atoms with van der Waals surface area (Å²) in [4.78, 5) is 17.9. The summed E-state index contributed by atoms with van der Waals surface area (Å²) in [6.07, 6.45) is 0.889. The SMILES string of the molecule is O=C(Cc1ccc(F)cc1F)N1CCCN(Cc2cccs2)CC1. The summed E-state index contributed by atoms with van der Waals surface area (Å²) < 4.78 is 26.7. The third-order valence-corrected chi connectivity index (χ3v) is 5.12. The fraction of sp³-hybridized carbons (Fsp3) is 0.389. The van der Waals surface area contributed by atoms with Crippen molar-refractivity contribution in [3.63, 3.8) is 0 Å². The molecule has 2 heterocycles. The second kappa shape index (κ2) is 7.85. The molecule has 3 rings (SSSR count). The molecule has 1 fully saturated rings. The van der Waals surface area contributed by atoms with Gasteiger partial charge in [-0.1, -0.05) is 12.1 Å². The minimum atomic E-state index is -0.655. The van der Waals surface area contributed by atoms with Gasteiger partial charge in [0.2, 0.25) is 5.91 Å².